The molecular weight excluding hydrogens is 706 g/mol. The number of aliphatic hydroxyl groups excluding tert-OH is 2. The third-order valence-electron chi connectivity index (χ3n) is 8.80. The fourth-order valence-corrected chi connectivity index (χ4v) is 6.15. The second-order valence-electron chi connectivity index (χ2n) is 14.5. The van der Waals surface area contributed by atoms with Crippen LogP contribution < -0.4 is 26.6 Å². The van der Waals surface area contributed by atoms with Crippen molar-refractivity contribution in [3.05, 3.63) is 35.4 Å². The molecule has 1 aromatic carbocycles. The topological polar surface area (TPSA) is 240 Å². The van der Waals surface area contributed by atoms with Crippen molar-refractivity contribution in [1.82, 2.24) is 26.6 Å². The first-order valence-corrected chi connectivity index (χ1v) is 19.9. The third-order valence-corrected chi connectivity index (χ3v) is 9.61. The maximum absolute atomic E-state index is 13.3. The predicted octanol–water partition coefficient (Wildman–Crippen LogP) is 1.37. The SMILES string of the molecule is CCC(C)C[C@H](NC(=O)[C@H](CC(C)C)NC(C)=O)[C@@H](O)CC(=O)NC(CCS(C)=O)[C@@H](O)CC(=O)N[C@H](C(=O)NCc1ccc(C(=O)O)cc1)C(C)C. The van der Waals surface area contributed by atoms with Gasteiger partial charge in [0.05, 0.1) is 42.7 Å². The van der Waals surface area contributed by atoms with Crippen molar-refractivity contribution in [3.8, 4) is 0 Å². The van der Waals surface area contributed by atoms with Crippen LogP contribution in [-0.4, -0.2) is 103 Å². The first kappa shape index (κ1) is 47.1. The van der Waals surface area contributed by atoms with Gasteiger partial charge in [0.1, 0.15) is 12.1 Å². The first-order chi connectivity index (χ1) is 24.7. The second kappa shape index (κ2) is 23.7. The highest BCUT2D eigenvalue weighted by Crippen LogP contribution is 2.17. The van der Waals surface area contributed by atoms with Crippen molar-refractivity contribution in [2.45, 2.75) is 130 Å². The van der Waals surface area contributed by atoms with Gasteiger partial charge in [-0.25, -0.2) is 4.79 Å². The maximum atomic E-state index is 13.3. The molecule has 0 saturated heterocycles. The fourth-order valence-electron chi connectivity index (χ4n) is 5.56. The molecule has 0 fully saturated rings. The number of nitrogens with one attached hydrogen (secondary N) is 5. The van der Waals surface area contributed by atoms with Crippen LogP contribution in [0.2, 0.25) is 0 Å². The molecule has 8 atom stereocenters. The van der Waals surface area contributed by atoms with Crippen LogP contribution in [0.5, 0.6) is 0 Å². The van der Waals surface area contributed by atoms with Crippen LogP contribution in [0.4, 0.5) is 0 Å². The van der Waals surface area contributed by atoms with E-state index in [9.17, 15) is 43.2 Å². The van der Waals surface area contributed by atoms with Gasteiger partial charge in [-0.1, -0.05) is 60.1 Å². The molecule has 5 amide bonds. The van der Waals surface area contributed by atoms with Gasteiger partial charge in [-0.05, 0) is 54.7 Å². The number of aliphatic hydroxyl groups is 2. The van der Waals surface area contributed by atoms with Gasteiger partial charge in [-0.3, -0.25) is 28.2 Å². The smallest absolute Gasteiger partial charge is 0.335 e. The zero-order valence-corrected chi connectivity index (χ0v) is 33.1. The average molecular weight is 768 g/mol. The molecule has 0 aliphatic rings. The highest BCUT2D eigenvalue weighted by molar-refractivity contribution is 7.84. The Morgan fingerprint density at radius 2 is 1.34 bits per heavy atom. The Morgan fingerprint density at radius 1 is 0.774 bits per heavy atom. The third kappa shape index (κ3) is 18.6. The van der Waals surface area contributed by atoms with Gasteiger partial charge in [-0.15, -0.1) is 0 Å². The van der Waals surface area contributed by atoms with E-state index in [2.05, 4.69) is 26.6 Å². The van der Waals surface area contributed by atoms with E-state index in [1.807, 2.05) is 27.7 Å². The lowest BCUT2D eigenvalue weighted by Crippen LogP contribution is -2.54. The fraction of sp³-hybridized carbons (Fsp3) is 0.676. The monoisotopic (exact) mass is 767 g/mol. The van der Waals surface area contributed by atoms with Crippen LogP contribution in [0.3, 0.4) is 0 Å². The Hall–Kier alpha value is -3.89. The lowest BCUT2D eigenvalue weighted by molar-refractivity contribution is -0.132. The van der Waals surface area contributed by atoms with Crippen LogP contribution in [0, 0.1) is 17.8 Å². The highest BCUT2D eigenvalue weighted by Gasteiger charge is 2.32. The van der Waals surface area contributed by atoms with Gasteiger partial charge in [-0.2, -0.15) is 0 Å². The zero-order valence-electron chi connectivity index (χ0n) is 32.3. The molecule has 0 radical (unpaired) electrons. The number of carbonyl (C=O) groups excluding carboxylic acids is 5. The molecular formula is C37H61N5O10S. The summed E-state index contributed by atoms with van der Waals surface area (Å²) in [4.78, 5) is 75.4. The number of carboxylic acid groups (broad SMARTS) is 1. The van der Waals surface area contributed by atoms with Gasteiger partial charge in [0.15, 0.2) is 0 Å². The van der Waals surface area contributed by atoms with Gasteiger partial charge >= 0.3 is 5.97 Å². The lowest BCUT2D eigenvalue weighted by Gasteiger charge is -2.30. The van der Waals surface area contributed by atoms with Crippen molar-refractivity contribution in [2.75, 3.05) is 12.0 Å². The molecule has 0 aliphatic carbocycles. The Labute approximate surface area is 315 Å². The Morgan fingerprint density at radius 3 is 1.83 bits per heavy atom. The molecule has 0 aromatic heterocycles. The molecule has 0 aliphatic heterocycles. The number of amides is 5. The minimum absolute atomic E-state index is 0.0504. The molecule has 3 unspecified atom stereocenters. The van der Waals surface area contributed by atoms with Crippen molar-refractivity contribution >= 4 is 46.3 Å². The summed E-state index contributed by atoms with van der Waals surface area (Å²) in [5, 5.41) is 44.8. The summed E-state index contributed by atoms with van der Waals surface area (Å²) >= 11 is 0. The van der Waals surface area contributed by atoms with E-state index < -0.39 is 89.6 Å². The van der Waals surface area contributed by atoms with E-state index in [0.29, 0.717) is 18.4 Å². The summed E-state index contributed by atoms with van der Waals surface area (Å²) in [5.41, 5.74) is 0.755. The number of carbonyl (C=O) groups is 6. The number of benzene rings is 1. The van der Waals surface area contributed by atoms with E-state index in [0.717, 1.165) is 6.42 Å². The van der Waals surface area contributed by atoms with Crippen molar-refractivity contribution in [2.24, 2.45) is 17.8 Å². The van der Waals surface area contributed by atoms with Gasteiger partial charge in [0, 0.05) is 36.3 Å². The minimum Gasteiger partial charge on any atom is -0.478 e. The van der Waals surface area contributed by atoms with E-state index in [-0.39, 0.29) is 47.9 Å². The van der Waals surface area contributed by atoms with Crippen LogP contribution in [0.1, 0.15) is 103 Å². The van der Waals surface area contributed by atoms with Crippen molar-refractivity contribution < 1.29 is 48.3 Å². The zero-order chi connectivity index (χ0) is 40.4. The molecule has 0 heterocycles. The van der Waals surface area contributed by atoms with Crippen LogP contribution in [-0.2, 0) is 41.3 Å². The predicted molar refractivity (Wildman–Crippen MR) is 202 cm³/mol. The summed E-state index contributed by atoms with van der Waals surface area (Å²) in [6.07, 6.45) is -0.720. The van der Waals surface area contributed by atoms with E-state index in [1.54, 1.807) is 26.0 Å². The number of aromatic carboxylic acids is 1. The molecule has 15 nitrogen and oxygen atoms in total. The van der Waals surface area contributed by atoms with Crippen molar-refractivity contribution in [1.29, 1.82) is 0 Å². The number of hydrogen-bond donors (Lipinski definition) is 8. The molecule has 8 N–H and O–H groups in total. The van der Waals surface area contributed by atoms with E-state index in [1.165, 1.54) is 25.3 Å². The van der Waals surface area contributed by atoms with Gasteiger partial charge < -0.3 is 41.9 Å². The van der Waals surface area contributed by atoms with Crippen LogP contribution in [0.15, 0.2) is 24.3 Å². The molecule has 300 valence electrons. The summed E-state index contributed by atoms with van der Waals surface area (Å²) in [6, 6.07) is 2.32. The summed E-state index contributed by atoms with van der Waals surface area (Å²) in [6.45, 7) is 12.6. The standard InChI is InChI=1S/C37H61N5O10S/c1-9-23(6)17-28(41-35(48)29(16-21(2)3)39-24(7)43)31(45)19-32(46)40-27(14-15-53(8)52)30(44)18-33(47)42-34(22(4)5)36(49)38-20-25-10-12-26(13-11-25)37(50)51/h10-13,21-23,27-31,34,44-45H,9,14-20H2,1-8H3,(H,38,49)(H,39,43)(H,40,46)(H,41,48)(H,42,47)(H,50,51)/t23?,27?,28-,29-,30-,31-,34-,53?/m0/s1. The van der Waals surface area contributed by atoms with Crippen LogP contribution in [0.25, 0.3) is 0 Å². The summed E-state index contributed by atoms with van der Waals surface area (Å²) < 4.78 is 11.9. The number of carboxylic acids is 1. The van der Waals surface area contributed by atoms with E-state index in [4.69, 9.17) is 5.11 Å². The Balaban J connectivity index is 3.00. The number of hydrogen-bond acceptors (Lipinski definition) is 9. The van der Waals surface area contributed by atoms with E-state index >= 15 is 0 Å². The molecule has 16 heteroatoms. The molecule has 53 heavy (non-hydrogen) atoms. The maximum Gasteiger partial charge on any atom is 0.335 e. The summed E-state index contributed by atoms with van der Waals surface area (Å²) in [7, 11) is -1.29. The average Bonchev–Trinajstić information content (AvgIpc) is 3.06. The molecule has 0 spiro atoms. The highest BCUT2D eigenvalue weighted by atomic mass is 32.2. The summed E-state index contributed by atoms with van der Waals surface area (Å²) in [5.74, 6) is -3.81. The second-order valence-corrected chi connectivity index (χ2v) is 16.1. The molecule has 0 bridgehead atoms. The Bertz CT molecular complexity index is 1390. The Kier molecular flexibility index (Phi) is 21.1. The normalized spacial score (nSPS) is 15.9. The van der Waals surface area contributed by atoms with Crippen LogP contribution >= 0.6 is 0 Å². The first-order valence-electron chi connectivity index (χ1n) is 18.2. The minimum atomic E-state index is -1.44. The lowest BCUT2D eigenvalue weighted by atomic mass is 9.93. The molecule has 1 aromatic rings. The number of rotatable bonds is 24. The van der Waals surface area contributed by atoms with Gasteiger partial charge in [0.2, 0.25) is 29.5 Å². The quantitative estimate of drug-likeness (QED) is 0.0752. The largest absolute Gasteiger partial charge is 0.478 e. The molecule has 1 rings (SSSR count). The van der Waals surface area contributed by atoms with Crippen molar-refractivity contribution in [3.63, 3.8) is 0 Å². The molecule has 0 saturated carbocycles. The van der Waals surface area contributed by atoms with Gasteiger partial charge in [0.25, 0.3) is 0 Å².